The zero-order chi connectivity index (χ0) is 20.7. The molecule has 2 rings (SSSR count). The molecule has 0 aliphatic carbocycles. The molecule has 8 nitrogen and oxygen atoms in total. The molecule has 1 N–H and O–H groups in total. The van der Waals surface area contributed by atoms with Crippen LogP contribution in [0.5, 0.6) is 17.2 Å². The molecule has 0 radical (unpaired) electrons. The maximum Gasteiger partial charge on any atom is 0.387 e. The molecular weight excluding hydrogens is 378 g/mol. The summed E-state index contributed by atoms with van der Waals surface area (Å²) in [6, 6.07) is 8.65. The highest BCUT2D eigenvalue weighted by Gasteiger charge is 2.16. The predicted molar refractivity (Wildman–Crippen MR) is 94.8 cm³/mol. The van der Waals surface area contributed by atoms with E-state index in [1.54, 1.807) is 13.0 Å². The fourth-order valence-electron chi connectivity index (χ4n) is 2.30. The predicted octanol–water partition coefficient (Wildman–Crippen LogP) is 3.21. The average molecular weight is 396 g/mol. The molecule has 0 spiro atoms. The topological polar surface area (TPSA) is 99.9 Å². The van der Waals surface area contributed by atoms with Gasteiger partial charge in [0.1, 0.15) is 0 Å². The molecule has 150 valence electrons. The second kappa shape index (κ2) is 9.49. The minimum atomic E-state index is -2.98. The first-order valence-electron chi connectivity index (χ1n) is 8.06. The summed E-state index contributed by atoms with van der Waals surface area (Å²) in [5.74, 6) is -0.552. The Morgan fingerprint density at radius 3 is 2.54 bits per heavy atom. The first-order valence-corrected chi connectivity index (χ1v) is 8.06. The number of ether oxygens (including phenoxy) is 3. The summed E-state index contributed by atoms with van der Waals surface area (Å²) in [5.41, 5.74) is 1.04. The number of carbonyl (C=O) groups is 1. The number of hydrogen-bond donors (Lipinski definition) is 1. The van der Waals surface area contributed by atoms with E-state index in [0.717, 1.165) is 0 Å². The molecule has 28 heavy (non-hydrogen) atoms. The number of hydrogen-bond acceptors (Lipinski definition) is 6. The zero-order valence-electron chi connectivity index (χ0n) is 15.1. The van der Waals surface area contributed by atoms with Crippen LogP contribution in [0.2, 0.25) is 0 Å². The SMILES string of the molecule is COc1cc(CNC(=O)COc2ccc(C)cc2[N+](=O)[O-])ccc1OC(F)F. The van der Waals surface area contributed by atoms with Crippen LogP contribution in [-0.4, -0.2) is 31.2 Å². The van der Waals surface area contributed by atoms with Gasteiger partial charge in [-0.15, -0.1) is 0 Å². The number of nitrogens with zero attached hydrogens (tertiary/aromatic N) is 1. The van der Waals surface area contributed by atoms with Gasteiger partial charge in [0.25, 0.3) is 5.91 Å². The summed E-state index contributed by atoms with van der Waals surface area (Å²) in [5, 5.41) is 13.6. The second-order valence-electron chi connectivity index (χ2n) is 5.66. The molecule has 1 amide bonds. The van der Waals surface area contributed by atoms with Crippen molar-refractivity contribution in [2.75, 3.05) is 13.7 Å². The van der Waals surface area contributed by atoms with E-state index >= 15 is 0 Å². The Morgan fingerprint density at radius 1 is 1.18 bits per heavy atom. The minimum absolute atomic E-state index is 0.0130. The van der Waals surface area contributed by atoms with Gasteiger partial charge >= 0.3 is 12.3 Å². The molecule has 0 saturated carbocycles. The molecule has 0 fully saturated rings. The van der Waals surface area contributed by atoms with Crippen molar-refractivity contribution in [3.63, 3.8) is 0 Å². The number of aryl methyl sites for hydroxylation is 1. The minimum Gasteiger partial charge on any atom is -0.493 e. The maximum absolute atomic E-state index is 12.3. The Kier molecular flexibility index (Phi) is 7.08. The summed E-state index contributed by atoms with van der Waals surface area (Å²) < 4.78 is 39.2. The van der Waals surface area contributed by atoms with Gasteiger partial charge in [-0.1, -0.05) is 12.1 Å². The molecule has 0 aromatic heterocycles. The molecule has 0 heterocycles. The number of halogens is 2. The molecule has 0 aliphatic rings. The number of nitrogens with one attached hydrogen (secondary N) is 1. The lowest BCUT2D eigenvalue weighted by molar-refractivity contribution is -0.385. The number of amides is 1. The van der Waals surface area contributed by atoms with E-state index in [1.165, 1.54) is 37.4 Å². The van der Waals surface area contributed by atoms with E-state index in [-0.39, 0.29) is 29.5 Å². The highest BCUT2D eigenvalue weighted by molar-refractivity contribution is 5.77. The van der Waals surface area contributed by atoms with Crippen molar-refractivity contribution >= 4 is 11.6 Å². The zero-order valence-corrected chi connectivity index (χ0v) is 15.1. The number of rotatable bonds is 9. The molecule has 10 heteroatoms. The first kappa shape index (κ1) is 20.9. The summed E-state index contributed by atoms with van der Waals surface area (Å²) in [6.45, 7) is -1.63. The van der Waals surface area contributed by atoms with Crippen LogP contribution >= 0.6 is 0 Å². The Labute approximate surface area is 159 Å². The van der Waals surface area contributed by atoms with E-state index < -0.39 is 24.0 Å². The van der Waals surface area contributed by atoms with Gasteiger partial charge in [-0.3, -0.25) is 14.9 Å². The van der Waals surface area contributed by atoms with Crippen LogP contribution in [0.3, 0.4) is 0 Å². The smallest absolute Gasteiger partial charge is 0.387 e. The van der Waals surface area contributed by atoms with Crippen molar-refractivity contribution in [1.82, 2.24) is 5.32 Å². The van der Waals surface area contributed by atoms with Gasteiger partial charge in [-0.25, -0.2) is 0 Å². The monoisotopic (exact) mass is 396 g/mol. The Bertz CT molecular complexity index is 860. The van der Waals surface area contributed by atoms with Crippen molar-refractivity contribution in [3.8, 4) is 17.2 Å². The van der Waals surface area contributed by atoms with Gasteiger partial charge in [0.15, 0.2) is 23.9 Å². The Morgan fingerprint density at radius 2 is 1.89 bits per heavy atom. The molecule has 0 unspecified atom stereocenters. The number of methoxy groups -OCH3 is 1. The number of carbonyl (C=O) groups excluding carboxylic acids is 1. The lowest BCUT2D eigenvalue weighted by Crippen LogP contribution is -2.28. The summed E-state index contributed by atoms with van der Waals surface area (Å²) >= 11 is 0. The quantitative estimate of drug-likeness (QED) is 0.516. The average Bonchev–Trinajstić information content (AvgIpc) is 2.65. The van der Waals surface area contributed by atoms with Crippen molar-refractivity contribution in [1.29, 1.82) is 0 Å². The largest absolute Gasteiger partial charge is 0.493 e. The third-order valence-electron chi connectivity index (χ3n) is 3.60. The number of benzene rings is 2. The van der Waals surface area contributed by atoms with Gasteiger partial charge < -0.3 is 19.5 Å². The molecule has 2 aromatic rings. The van der Waals surface area contributed by atoms with Crippen molar-refractivity contribution < 1.29 is 32.7 Å². The highest BCUT2D eigenvalue weighted by Crippen LogP contribution is 2.29. The summed E-state index contributed by atoms with van der Waals surface area (Å²) in [4.78, 5) is 22.4. The van der Waals surface area contributed by atoms with E-state index in [4.69, 9.17) is 9.47 Å². The fraction of sp³-hybridized carbons (Fsp3) is 0.278. The van der Waals surface area contributed by atoms with Crippen LogP contribution in [0, 0.1) is 17.0 Å². The summed E-state index contributed by atoms with van der Waals surface area (Å²) in [7, 11) is 1.30. The number of alkyl halides is 2. The summed E-state index contributed by atoms with van der Waals surface area (Å²) in [6.07, 6.45) is 0. The molecule has 2 aromatic carbocycles. The molecule has 0 aliphatic heterocycles. The van der Waals surface area contributed by atoms with Crippen LogP contribution in [0.1, 0.15) is 11.1 Å². The maximum atomic E-state index is 12.3. The standard InChI is InChI=1S/C18H18F2N2O6/c1-11-3-5-14(13(7-11)22(24)25)27-10-17(23)21-9-12-4-6-15(28-18(19)20)16(8-12)26-2/h3-8,18H,9-10H2,1-2H3,(H,21,23). The lowest BCUT2D eigenvalue weighted by Gasteiger charge is -2.12. The Balaban J connectivity index is 1.93. The number of nitro benzene ring substituents is 1. The van der Waals surface area contributed by atoms with Crippen LogP contribution in [0.4, 0.5) is 14.5 Å². The molecular formula is C18H18F2N2O6. The van der Waals surface area contributed by atoms with E-state index in [9.17, 15) is 23.7 Å². The molecule has 0 saturated heterocycles. The third-order valence-corrected chi connectivity index (χ3v) is 3.60. The van der Waals surface area contributed by atoms with Crippen LogP contribution in [-0.2, 0) is 11.3 Å². The van der Waals surface area contributed by atoms with Gasteiger partial charge in [0.2, 0.25) is 0 Å². The van der Waals surface area contributed by atoms with E-state index in [1.807, 2.05) is 0 Å². The highest BCUT2D eigenvalue weighted by atomic mass is 19.3. The van der Waals surface area contributed by atoms with Crippen molar-refractivity contribution in [2.45, 2.75) is 20.1 Å². The van der Waals surface area contributed by atoms with Gasteiger partial charge in [0.05, 0.1) is 12.0 Å². The van der Waals surface area contributed by atoms with E-state index in [0.29, 0.717) is 11.1 Å². The fourth-order valence-corrected chi connectivity index (χ4v) is 2.30. The lowest BCUT2D eigenvalue weighted by atomic mass is 10.2. The van der Waals surface area contributed by atoms with Crippen LogP contribution in [0.25, 0.3) is 0 Å². The van der Waals surface area contributed by atoms with Gasteiger partial charge in [-0.05, 0) is 36.2 Å². The van der Waals surface area contributed by atoms with E-state index in [2.05, 4.69) is 10.1 Å². The first-order chi connectivity index (χ1) is 13.3. The molecule has 0 atom stereocenters. The van der Waals surface area contributed by atoms with Crippen LogP contribution in [0.15, 0.2) is 36.4 Å². The second-order valence-corrected chi connectivity index (χ2v) is 5.66. The van der Waals surface area contributed by atoms with Crippen molar-refractivity contribution in [2.24, 2.45) is 0 Å². The molecule has 0 bridgehead atoms. The number of nitro groups is 1. The Hall–Kier alpha value is -3.43. The normalized spacial score (nSPS) is 10.5. The van der Waals surface area contributed by atoms with Gasteiger partial charge in [0, 0.05) is 12.6 Å². The van der Waals surface area contributed by atoms with Crippen molar-refractivity contribution in [3.05, 3.63) is 57.6 Å². The third kappa shape index (κ3) is 5.79. The van der Waals surface area contributed by atoms with Gasteiger partial charge in [-0.2, -0.15) is 8.78 Å². The van der Waals surface area contributed by atoms with Crippen LogP contribution < -0.4 is 19.5 Å².